The Labute approximate surface area is 133 Å². The maximum atomic E-state index is 12.7. The van der Waals surface area contributed by atoms with Gasteiger partial charge in [0.15, 0.2) is 0 Å². The molecule has 122 valence electrons. The van der Waals surface area contributed by atoms with Gasteiger partial charge in [-0.05, 0) is 69.7 Å². The lowest BCUT2D eigenvalue weighted by Gasteiger charge is -2.28. The quantitative estimate of drug-likeness (QED) is 0.826. The van der Waals surface area contributed by atoms with Gasteiger partial charge in [0.1, 0.15) is 11.4 Å². The van der Waals surface area contributed by atoms with Crippen molar-refractivity contribution >= 4 is 11.6 Å². The summed E-state index contributed by atoms with van der Waals surface area (Å²) in [5.74, 6) is 0.848. The molecule has 1 N–H and O–H groups in total. The van der Waals surface area contributed by atoms with Gasteiger partial charge in [0, 0.05) is 12.3 Å². The molecule has 22 heavy (non-hydrogen) atoms. The fraction of sp³-hybridized carbons (Fsp3) is 0.611. The zero-order valence-electron chi connectivity index (χ0n) is 13.9. The minimum absolute atomic E-state index is 0.0120. The average Bonchev–Trinajstić information content (AvgIpc) is 2.98. The summed E-state index contributed by atoms with van der Waals surface area (Å²) in [7, 11) is 0. The van der Waals surface area contributed by atoms with E-state index in [1.165, 1.54) is 0 Å². The van der Waals surface area contributed by atoms with Gasteiger partial charge in [0.05, 0.1) is 6.61 Å². The Balaban J connectivity index is 2.08. The van der Waals surface area contributed by atoms with Crippen LogP contribution in [0.3, 0.4) is 0 Å². The van der Waals surface area contributed by atoms with E-state index in [4.69, 9.17) is 9.47 Å². The molecule has 0 aromatic heterocycles. The fourth-order valence-corrected chi connectivity index (χ4v) is 2.97. The van der Waals surface area contributed by atoms with Crippen LogP contribution in [-0.2, 0) is 9.53 Å². The average molecular weight is 305 g/mol. The second-order valence-corrected chi connectivity index (χ2v) is 5.92. The summed E-state index contributed by atoms with van der Waals surface area (Å²) >= 11 is 0. The summed E-state index contributed by atoms with van der Waals surface area (Å²) in [5, 5.41) is 3.02. The summed E-state index contributed by atoms with van der Waals surface area (Å²) in [6.45, 7) is 7.29. The number of aryl methyl sites for hydroxylation is 1. The van der Waals surface area contributed by atoms with Gasteiger partial charge in [-0.3, -0.25) is 4.79 Å². The lowest BCUT2D eigenvalue weighted by molar-refractivity contribution is -0.140. The van der Waals surface area contributed by atoms with Crippen molar-refractivity contribution in [3.63, 3.8) is 0 Å². The highest BCUT2D eigenvalue weighted by molar-refractivity contribution is 5.97. The summed E-state index contributed by atoms with van der Waals surface area (Å²) < 4.78 is 11.5. The molecular weight excluding hydrogens is 278 g/mol. The Morgan fingerprint density at radius 2 is 2.00 bits per heavy atom. The number of carbonyl (C=O) groups excluding carboxylic acids is 1. The highest BCUT2D eigenvalue weighted by Crippen LogP contribution is 2.35. The SMILES string of the molecule is CCCOC1(C(=O)Nc2ccc(OCC)c(C)c2)CCCC1. The van der Waals surface area contributed by atoms with Crippen molar-refractivity contribution < 1.29 is 14.3 Å². The molecule has 0 heterocycles. The summed E-state index contributed by atoms with van der Waals surface area (Å²) in [5.41, 5.74) is 1.19. The number of rotatable bonds is 7. The van der Waals surface area contributed by atoms with E-state index in [0.717, 1.165) is 49.1 Å². The Bertz CT molecular complexity index is 507. The number of hydrogen-bond acceptors (Lipinski definition) is 3. The maximum Gasteiger partial charge on any atom is 0.256 e. The summed E-state index contributed by atoms with van der Waals surface area (Å²) in [6, 6.07) is 5.74. The van der Waals surface area contributed by atoms with E-state index in [0.29, 0.717) is 13.2 Å². The third-order valence-electron chi connectivity index (χ3n) is 4.14. The number of carbonyl (C=O) groups is 1. The predicted octanol–water partition coefficient (Wildman–Crippen LogP) is 4.07. The lowest BCUT2D eigenvalue weighted by Crippen LogP contribution is -2.43. The first kappa shape index (κ1) is 16.8. The van der Waals surface area contributed by atoms with E-state index >= 15 is 0 Å². The van der Waals surface area contributed by atoms with Crippen LogP contribution < -0.4 is 10.1 Å². The second-order valence-electron chi connectivity index (χ2n) is 5.92. The molecule has 1 aliphatic rings. The Morgan fingerprint density at radius 1 is 1.27 bits per heavy atom. The van der Waals surface area contributed by atoms with Crippen molar-refractivity contribution in [1.29, 1.82) is 0 Å². The molecule has 1 saturated carbocycles. The molecule has 0 radical (unpaired) electrons. The number of anilines is 1. The van der Waals surface area contributed by atoms with Gasteiger partial charge in [-0.1, -0.05) is 6.92 Å². The van der Waals surface area contributed by atoms with E-state index in [-0.39, 0.29) is 5.91 Å². The predicted molar refractivity (Wildman–Crippen MR) is 88.4 cm³/mol. The van der Waals surface area contributed by atoms with Gasteiger partial charge in [-0.2, -0.15) is 0 Å². The highest BCUT2D eigenvalue weighted by Gasteiger charge is 2.42. The summed E-state index contributed by atoms with van der Waals surface area (Å²) in [6.07, 6.45) is 4.67. The smallest absolute Gasteiger partial charge is 0.256 e. The maximum absolute atomic E-state index is 12.7. The van der Waals surface area contributed by atoms with Gasteiger partial charge < -0.3 is 14.8 Å². The van der Waals surface area contributed by atoms with Gasteiger partial charge in [0.25, 0.3) is 5.91 Å². The topological polar surface area (TPSA) is 47.6 Å². The molecule has 0 bridgehead atoms. The molecular formula is C18H27NO3. The van der Waals surface area contributed by atoms with Crippen LogP contribution in [0.1, 0.15) is 51.5 Å². The van der Waals surface area contributed by atoms with Crippen LogP contribution in [0.4, 0.5) is 5.69 Å². The molecule has 0 unspecified atom stereocenters. The highest BCUT2D eigenvalue weighted by atomic mass is 16.5. The number of nitrogens with one attached hydrogen (secondary N) is 1. The van der Waals surface area contributed by atoms with Crippen LogP contribution in [0.25, 0.3) is 0 Å². The van der Waals surface area contributed by atoms with Crippen molar-refractivity contribution in [1.82, 2.24) is 0 Å². The van der Waals surface area contributed by atoms with Crippen LogP contribution in [0.2, 0.25) is 0 Å². The molecule has 1 fully saturated rings. The Hall–Kier alpha value is -1.55. The molecule has 0 spiro atoms. The van der Waals surface area contributed by atoms with Gasteiger partial charge in [-0.15, -0.1) is 0 Å². The van der Waals surface area contributed by atoms with Crippen molar-refractivity contribution in [3.8, 4) is 5.75 Å². The van der Waals surface area contributed by atoms with Crippen molar-refractivity contribution in [3.05, 3.63) is 23.8 Å². The van der Waals surface area contributed by atoms with Crippen LogP contribution >= 0.6 is 0 Å². The van der Waals surface area contributed by atoms with E-state index in [9.17, 15) is 4.79 Å². The Morgan fingerprint density at radius 3 is 2.59 bits per heavy atom. The normalized spacial score (nSPS) is 16.5. The first-order chi connectivity index (χ1) is 10.6. The molecule has 4 heteroatoms. The van der Waals surface area contributed by atoms with Gasteiger partial charge in [0.2, 0.25) is 0 Å². The number of hydrogen-bond donors (Lipinski definition) is 1. The van der Waals surface area contributed by atoms with Crippen LogP contribution in [-0.4, -0.2) is 24.7 Å². The van der Waals surface area contributed by atoms with Crippen LogP contribution in [0, 0.1) is 6.92 Å². The molecule has 0 atom stereocenters. The number of amides is 1. The lowest BCUT2D eigenvalue weighted by atomic mass is 10.0. The van der Waals surface area contributed by atoms with E-state index < -0.39 is 5.60 Å². The largest absolute Gasteiger partial charge is 0.494 e. The standard InChI is InChI=1S/C18H27NO3/c1-4-12-22-18(10-6-7-11-18)17(20)19-15-8-9-16(21-5-2)14(3)13-15/h8-9,13H,4-7,10-12H2,1-3H3,(H,19,20). The van der Waals surface area contributed by atoms with Crippen LogP contribution in [0.15, 0.2) is 18.2 Å². The Kier molecular flexibility index (Phi) is 5.83. The third kappa shape index (κ3) is 3.80. The van der Waals surface area contributed by atoms with E-state index in [2.05, 4.69) is 12.2 Å². The molecule has 1 aliphatic carbocycles. The molecule has 1 amide bonds. The van der Waals surface area contributed by atoms with E-state index in [1.807, 2.05) is 32.0 Å². The monoisotopic (exact) mass is 305 g/mol. The molecule has 2 rings (SSSR count). The zero-order valence-corrected chi connectivity index (χ0v) is 13.9. The minimum atomic E-state index is -0.636. The zero-order chi connectivity index (χ0) is 16.0. The van der Waals surface area contributed by atoms with Gasteiger partial charge >= 0.3 is 0 Å². The molecule has 1 aromatic rings. The molecule has 4 nitrogen and oxygen atoms in total. The third-order valence-corrected chi connectivity index (χ3v) is 4.14. The number of benzene rings is 1. The first-order valence-electron chi connectivity index (χ1n) is 8.30. The van der Waals surface area contributed by atoms with Crippen molar-refractivity contribution in [2.45, 2.75) is 58.5 Å². The summed E-state index contributed by atoms with van der Waals surface area (Å²) in [4.78, 5) is 12.7. The minimum Gasteiger partial charge on any atom is -0.494 e. The van der Waals surface area contributed by atoms with Crippen LogP contribution in [0.5, 0.6) is 5.75 Å². The van der Waals surface area contributed by atoms with Crippen molar-refractivity contribution in [2.75, 3.05) is 18.5 Å². The van der Waals surface area contributed by atoms with Crippen molar-refractivity contribution in [2.24, 2.45) is 0 Å². The molecule has 1 aromatic carbocycles. The fourth-order valence-electron chi connectivity index (χ4n) is 2.97. The number of ether oxygens (including phenoxy) is 2. The molecule has 0 saturated heterocycles. The van der Waals surface area contributed by atoms with E-state index in [1.54, 1.807) is 0 Å². The molecule has 0 aliphatic heterocycles. The second kappa shape index (κ2) is 7.63. The van der Waals surface area contributed by atoms with Gasteiger partial charge in [-0.25, -0.2) is 0 Å². The first-order valence-corrected chi connectivity index (χ1v) is 8.30.